The number of halogens is 1. The lowest BCUT2D eigenvalue weighted by Gasteiger charge is -2.24. The Morgan fingerprint density at radius 3 is 2.92 bits per heavy atom. The smallest absolute Gasteiger partial charge is 0.341 e. The number of carbonyl (C=O) groups is 1. The van der Waals surface area contributed by atoms with Crippen LogP contribution in [0, 0.1) is 12.3 Å². The third-order valence-electron chi connectivity index (χ3n) is 4.93. The Labute approximate surface area is 165 Å². The number of aryl methyl sites for hydroxylation is 1. The second kappa shape index (κ2) is 8.39. The number of rotatable bonds is 3. The number of carbonyl (C=O) groups excluding carboxylic acids is 1. The molecule has 1 aromatic rings. The van der Waals surface area contributed by atoms with Gasteiger partial charge in [-0.3, -0.25) is 4.99 Å². The van der Waals surface area contributed by atoms with Crippen molar-refractivity contribution in [2.45, 2.75) is 26.3 Å². The van der Waals surface area contributed by atoms with E-state index in [2.05, 4.69) is 15.2 Å². The van der Waals surface area contributed by atoms with Crippen molar-refractivity contribution in [3.63, 3.8) is 0 Å². The second-order valence-corrected chi connectivity index (χ2v) is 6.55. The summed E-state index contributed by atoms with van der Waals surface area (Å²) in [5.41, 5.74) is 0.754. The molecule has 0 aromatic carbocycles. The number of guanidine groups is 1. The molecule has 3 rings (SSSR count). The van der Waals surface area contributed by atoms with Crippen molar-refractivity contribution in [1.82, 2.24) is 10.2 Å². The largest absolute Gasteiger partial charge is 0.465 e. The molecular formula is C17H26IN3O4. The van der Waals surface area contributed by atoms with Gasteiger partial charge in [0.05, 0.1) is 20.3 Å². The van der Waals surface area contributed by atoms with Crippen LogP contribution in [0.3, 0.4) is 0 Å². The number of hydrogen-bond donors (Lipinski definition) is 1. The second-order valence-electron chi connectivity index (χ2n) is 6.55. The molecule has 0 amide bonds. The summed E-state index contributed by atoms with van der Waals surface area (Å²) in [6.07, 6.45) is 2.26. The summed E-state index contributed by atoms with van der Waals surface area (Å²) in [7, 11) is 3.15. The third kappa shape index (κ3) is 4.28. The van der Waals surface area contributed by atoms with Gasteiger partial charge in [-0.1, -0.05) is 0 Å². The van der Waals surface area contributed by atoms with Crippen LogP contribution in [0.1, 0.15) is 34.7 Å². The Morgan fingerprint density at radius 2 is 2.28 bits per heavy atom. The number of likely N-dealkylation sites (tertiary alicyclic amines) is 1. The minimum Gasteiger partial charge on any atom is -0.465 e. The summed E-state index contributed by atoms with van der Waals surface area (Å²) in [4.78, 5) is 18.3. The molecule has 1 atom stereocenters. The lowest BCUT2D eigenvalue weighted by atomic mass is 9.87. The molecule has 2 saturated heterocycles. The number of hydrogen-bond acceptors (Lipinski definition) is 5. The van der Waals surface area contributed by atoms with E-state index < -0.39 is 0 Å². The predicted molar refractivity (Wildman–Crippen MR) is 104 cm³/mol. The summed E-state index contributed by atoms with van der Waals surface area (Å²) >= 11 is 0. The first kappa shape index (κ1) is 20.0. The molecule has 0 bridgehead atoms. The molecule has 1 unspecified atom stereocenters. The SMILES string of the molecule is CN=C(NCc1cc(C(=O)OC)c(C)o1)N1CCC2(CCOC2)C1.I. The van der Waals surface area contributed by atoms with E-state index in [4.69, 9.17) is 13.9 Å². The third-order valence-corrected chi connectivity index (χ3v) is 4.93. The van der Waals surface area contributed by atoms with Crippen LogP contribution >= 0.6 is 24.0 Å². The van der Waals surface area contributed by atoms with E-state index in [1.54, 1.807) is 20.0 Å². The van der Waals surface area contributed by atoms with Gasteiger partial charge in [0.25, 0.3) is 0 Å². The van der Waals surface area contributed by atoms with E-state index in [9.17, 15) is 4.79 Å². The number of furan rings is 1. The van der Waals surface area contributed by atoms with Gasteiger partial charge in [-0.15, -0.1) is 24.0 Å². The zero-order chi connectivity index (χ0) is 17.2. The minimum absolute atomic E-state index is 0. The minimum atomic E-state index is -0.380. The summed E-state index contributed by atoms with van der Waals surface area (Å²) in [5.74, 6) is 1.73. The lowest BCUT2D eigenvalue weighted by Crippen LogP contribution is -2.41. The maximum absolute atomic E-state index is 11.6. The van der Waals surface area contributed by atoms with Crippen LogP contribution in [-0.2, 0) is 16.0 Å². The first-order valence-electron chi connectivity index (χ1n) is 8.28. The van der Waals surface area contributed by atoms with E-state index in [0.717, 1.165) is 45.1 Å². The van der Waals surface area contributed by atoms with Gasteiger partial charge in [0.2, 0.25) is 0 Å². The molecule has 2 aliphatic heterocycles. The van der Waals surface area contributed by atoms with Crippen LogP contribution in [0.25, 0.3) is 0 Å². The van der Waals surface area contributed by atoms with Crippen LogP contribution in [0.2, 0.25) is 0 Å². The molecule has 0 radical (unpaired) electrons. The van der Waals surface area contributed by atoms with E-state index in [-0.39, 0.29) is 35.4 Å². The zero-order valence-corrected chi connectivity index (χ0v) is 17.3. The number of nitrogens with zero attached hydrogens (tertiary/aromatic N) is 2. The van der Waals surface area contributed by atoms with Gasteiger partial charge in [-0.25, -0.2) is 4.79 Å². The highest BCUT2D eigenvalue weighted by Gasteiger charge is 2.42. The van der Waals surface area contributed by atoms with Crippen molar-refractivity contribution >= 4 is 35.9 Å². The fraction of sp³-hybridized carbons (Fsp3) is 0.647. The monoisotopic (exact) mass is 463 g/mol. The zero-order valence-electron chi connectivity index (χ0n) is 15.0. The molecule has 8 heteroatoms. The Kier molecular flexibility index (Phi) is 6.72. The predicted octanol–water partition coefficient (Wildman–Crippen LogP) is 2.18. The normalized spacial score (nSPS) is 23.0. The first-order chi connectivity index (χ1) is 11.6. The Bertz CT molecular complexity index is 638. The average molecular weight is 463 g/mol. The molecule has 0 saturated carbocycles. The number of ether oxygens (including phenoxy) is 2. The van der Waals surface area contributed by atoms with E-state index in [1.165, 1.54) is 7.11 Å². The molecule has 25 heavy (non-hydrogen) atoms. The molecule has 1 aromatic heterocycles. The van der Waals surface area contributed by atoms with Crippen LogP contribution in [0.4, 0.5) is 0 Å². The lowest BCUT2D eigenvalue weighted by molar-refractivity contribution is 0.0599. The van der Waals surface area contributed by atoms with Crippen LogP contribution in [-0.4, -0.2) is 57.3 Å². The van der Waals surface area contributed by atoms with Crippen LogP contribution < -0.4 is 5.32 Å². The molecule has 0 aliphatic carbocycles. The van der Waals surface area contributed by atoms with Crippen molar-refractivity contribution in [2.24, 2.45) is 10.4 Å². The van der Waals surface area contributed by atoms with Crippen molar-refractivity contribution < 1.29 is 18.7 Å². The van der Waals surface area contributed by atoms with Gasteiger partial charge in [0, 0.05) is 32.2 Å². The molecule has 1 spiro atoms. The maximum atomic E-state index is 11.6. The molecule has 1 N–H and O–H groups in total. The van der Waals surface area contributed by atoms with E-state index >= 15 is 0 Å². The number of nitrogens with one attached hydrogen (secondary N) is 1. The Hall–Kier alpha value is -1.29. The molecule has 140 valence electrons. The van der Waals surface area contributed by atoms with Gasteiger partial charge >= 0.3 is 5.97 Å². The summed E-state index contributed by atoms with van der Waals surface area (Å²) in [5, 5.41) is 3.32. The quantitative estimate of drug-likeness (QED) is 0.321. The van der Waals surface area contributed by atoms with Gasteiger partial charge in [-0.2, -0.15) is 0 Å². The van der Waals surface area contributed by atoms with Crippen molar-refractivity contribution in [2.75, 3.05) is 40.5 Å². The number of aliphatic imine (C=N–C) groups is 1. The molecule has 7 nitrogen and oxygen atoms in total. The molecule has 2 aliphatic rings. The summed E-state index contributed by atoms with van der Waals surface area (Å²) in [6.45, 7) is 5.90. The van der Waals surface area contributed by atoms with Crippen molar-refractivity contribution in [3.8, 4) is 0 Å². The molecule has 3 heterocycles. The standard InChI is InChI=1S/C17H25N3O4.HI/c1-12-14(15(21)22-3)8-13(24-12)9-19-16(18-2)20-6-4-17(10-20)5-7-23-11-17;/h8H,4-7,9-11H2,1-3H3,(H,18,19);1H. The average Bonchev–Trinajstić information content (AvgIpc) is 3.30. The Morgan fingerprint density at radius 1 is 1.48 bits per heavy atom. The number of methoxy groups -OCH3 is 1. The van der Waals surface area contributed by atoms with E-state index in [0.29, 0.717) is 23.6 Å². The van der Waals surface area contributed by atoms with Crippen molar-refractivity contribution in [3.05, 3.63) is 23.2 Å². The topological polar surface area (TPSA) is 76.3 Å². The van der Waals surface area contributed by atoms with Gasteiger partial charge in [0.15, 0.2) is 5.96 Å². The van der Waals surface area contributed by atoms with Gasteiger partial charge in [0.1, 0.15) is 17.1 Å². The van der Waals surface area contributed by atoms with Crippen LogP contribution in [0.15, 0.2) is 15.5 Å². The maximum Gasteiger partial charge on any atom is 0.341 e. The number of esters is 1. The first-order valence-corrected chi connectivity index (χ1v) is 8.28. The van der Waals surface area contributed by atoms with Gasteiger partial charge in [-0.05, 0) is 25.8 Å². The highest BCUT2D eigenvalue weighted by molar-refractivity contribution is 14.0. The Balaban J connectivity index is 0.00000225. The molecular weight excluding hydrogens is 437 g/mol. The van der Waals surface area contributed by atoms with Gasteiger partial charge < -0.3 is 24.1 Å². The fourth-order valence-corrected chi connectivity index (χ4v) is 3.53. The van der Waals surface area contributed by atoms with Crippen LogP contribution in [0.5, 0.6) is 0 Å². The molecule has 2 fully saturated rings. The summed E-state index contributed by atoms with van der Waals surface area (Å²) < 4.78 is 16.0. The highest BCUT2D eigenvalue weighted by atomic mass is 127. The highest BCUT2D eigenvalue weighted by Crippen LogP contribution is 2.38. The fourth-order valence-electron chi connectivity index (χ4n) is 3.53. The van der Waals surface area contributed by atoms with E-state index in [1.807, 2.05) is 0 Å². The summed E-state index contributed by atoms with van der Waals surface area (Å²) in [6, 6.07) is 1.72. The van der Waals surface area contributed by atoms with Crippen molar-refractivity contribution in [1.29, 1.82) is 0 Å².